The summed E-state index contributed by atoms with van der Waals surface area (Å²) in [5, 5.41) is 0.788. The predicted octanol–water partition coefficient (Wildman–Crippen LogP) is 4.23. The summed E-state index contributed by atoms with van der Waals surface area (Å²) < 4.78 is 2.41. The van der Waals surface area contributed by atoms with Crippen molar-refractivity contribution in [2.45, 2.75) is 62.9 Å². The van der Waals surface area contributed by atoms with E-state index in [4.69, 9.17) is 22.3 Å². The molecule has 1 heterocycles. The molecule has 0 aliphatic heterocycles. The van der Waals surface area contributed by atoms with Crippen molar-refractivity contribution in [3.8, 4) is 0 Å². The zero-order chi connectivity index (χ0) is 14.4. The van der Waals surface area contributed by atoms with Crippen LogP contribution >= 0.6 is 11.6 Å². The van der Waals surface area contributed by atoms with Gasteiger partial charge in [0.05, 0.1) is 11.0 Å². The molecule has 2 aliphatic rings. The SMILES string of the molecule is NC1(Cc2nc3ccc(Cl)cc3n2C2CC2)CCCCC1. The molecule has 112 valence electrons. The molecule has 1 aromatic carbocycles. The summed E-state index contributed by atoms with van der Waals surface area (Å²) in [6.45, 7) is 0. The number of hydrogen-bond acceptors (Lipinski definition) is 2. The number of halogens is 1. The van der Waals surface area contributed by atoms with Crippen LogP contribution in [0.1, 0.15) is 56.8 Å². The molecular weight excluding hydrogens is 282 g/mol. The number of imidazole rings is 1. The minimum absolute atomic E-state index is 0.0595. The molecule has 0 radical (unpaired) electrons. The summed E-state index contributed by atoms with van der Waals surface area (Å²) in [5.41, 5.74) is 8.83. The lowest BCUT2D eigenvalue weighted by molar-refractivity contribution is 0.287. The van der Waals surface area contributed by atoms with E-state index in [-0.39, 0.29) is 5.54 Å². The summed E-state index contributed by atoms with van der Waals surface area (Å²) in [7, 11) is 0. The highest BCUT2D eigenvalue weighted by molar-refractivity contribution is 6.31. The number of fused-ring (bicyclic) bond motifs is 1. The number of nitrogens with zero attached hydrogens (tertiary/aromatic N) is 2. The number of rotatable bonds is 3. The third kappa shape index (κ3) is 2.58. The van der Waals surface area contributed by atoms with Gasteiger partial charge < -0.3 is 10.3 Å². The minimum Gasteiger partial charge on any atom is -0.325 e. The molecule has 2 fully saturated rings. The highest BCUT2D eigenvalue weighted by Crippen LogP contribution is 2.40. The average Bonchev–Trinajstić information content (AvgIpc) is 3.22. The fourth-order valence-corrected chi connectivity index (χ4v) is 3.89. The first-order valence-electron chi connectivity index (χ1n) is 8.10. The lowest BCUT2D eigenvalue weighted by atomic mass is 9.80. The van der Waals surface area contributed by atoms with Crippen LogP contribution in [0.4, 0.5) is 0 Å². The molecule has 0 unspecified atom stereocenters. The minimum atomic E-state index is -0.0595. The van der Waals surface area contributed by atoms with Gasteiger partial charge in [-0.2, -0.15) is 0 Å². The van der Waals surface area contributed by atoms with E-state index < -0.39 is 0 Å². The van der Waals surface area contributed by atoms with Crippen LogP contribution in [0.2, 0.25) is 5.02 Å². The van der Waals surface area contributed by atoms with Gasteiger partial charge >= 0.3 is 0 Å². The van der Waals surface area contributed by atoms with Crippen LogP contribution < -0.4 is 5.73 Å². The van der Waals surface area contributed by atoms with E-state index in [1.165, 1.54) is 43.4 Å². The van der Waals surface area contributed by atoms with Crippen molar-refractivity contribution in [3.05, 3.63) is 29.0 Å². The number of hydrogen-bond donors (Lipinski definition) is 1. The molecule has 4 rings (SSSR count). The number of nitrogens with two attached hydrogens (primary N) is 1. The van der Waals surface area contributed by atoms with Crippen LogP contribution in [0.25, 0.3) is 11.0 Å². The molecule has 21 heavy (non-hydrogen) atoms. The van der Waals surface area contributed by atoms with Gasteiger partial charge in [-0.05, 0) is 43.9 Å². The first kappa shape index (κ1) is 13.6. The second-order valence-electron chi connectivity index (χ2n) is 6.86. The normalized spacial score (nSPS) is 21.8. The van der Waals surface area contributed by atoms with Gasteiger partial charge in [0.1, 0.15) is 5.82 Å². The van der Waals surface area contributed by atoms with E-state index in [9.17, 15) is 0 Å². The van der Waals surface area contributed by atoms with Gasteiger partial charge in [0.25, 0.3) is 0 Å². The van der Waals surface area contributed by atoms with Gasteiger partial charge in [0.2, 0.25) is 0 Å². The molecule has 2 aromatic rings. The second kappa shape index (κ2) is 4.99. The van der Waals surface area contributed by atoms with E-state index >= 15 is 0 Å². The van der Waals surface area contributed by atoms with Gasteiger partial charge in [-0.15, -0.1) is 0 Å². The Kier molecular flexibility index (Phi) is 3.23. The van der Waals surface area contributed by atoms with Crippen LogP contribution in [0.15, 0.2) is 18.2 Å². The molecule has 3 nitrogen and oxygen atoms in total. The Morgan fingerprint density at radius 2 is 2.00 bits per heavy atom. The smallest absolute Gasteiger partial charge is 0.111 e. The Labute approximate surface area is 130 Å². The van der Waals surface area contributed by atoms with Crippen LogP contribution in [0, 0.1) is 0 Å². The summed E-state index contributed by atoms with van der Waals surface area (Å²) in [6.07, 6.45) is 9.50. The summed E-state index contributed by atoms with van der Waals surface area (Å²) in [5.74, 6) is 1.17. The maximum absolute atomic E-state index is 6.65. The maximum Gasteiger partial charge on any atom is 0.111 e. The molecule has 0 amide bonds. The lowest BCUT2D eigenvalue weighted by Crippen LogP contribution is -2.44. The molecule has 0 saturated heterocycles. The topological polar surface area (TPSA) is 43.8 Å². The summed E-state index contributed by atoms with van der Waals surface area (Å²) in [6, 6.07) is 6.62. The molecule has 4 heteroatoms. The van der Waals surface area contributed by atoms with Crippen molar-refractivity contribution in [2.24, 2.45) is 5.73 Å². The van der Waals surface area contributed by atoms with Crippen molar-refractivity contribution in [1.82, 2.24) is 9.55 Å². The Morgan fingerprint density at radius 1 is 1.24 bits per heavy atom. The highest BCUT2D eigenvalue weighted by Gasteiger charge is 2.33. The van der Waals surface area contributed by atoms with Crippen molar-refractivity contribution < 1.29 is 0 Å². The van der Waals surface area contributed by atoms with Gasteiger partial charge in [-0.25, -0.2) is 4.98 Å². The molecule has 2 N–H and O–H groups in total. The van der Waals surface area contributed by atoms with Crippen molar-refractivity contribution in [1.29, 1.82) is 0 Å². The first-order valence-corrected chi connectivity index (χ1v) is 8.48. The van der Waals surface area contributed by atoms with E-state index in [0.717, 1.165) is 29.8 Å². The largest absolute Gasteiger partial charge is 0.325 e. The van der Waals surface area contributed by atoms with Crippen molar-refractivity contribution in [2.75, 3.05) is 0 Å². The Balaban J connectivity index is 1.75. The van der Waals surface area contributed by atoms with Crippen LogP contribution in [-0.4, -0.2) is 15.1 Å². The van der Waals surface area contributed by atoms with Crippen molar-refractivity contribution in [3.63, 3.8) is 0 Å². The number of benzene rings is 1. The number of aromatic nitrogens is 2. The highest BCUT2D eigenvalue weighted by atomic mass is 35.5. The molecule has 1 aromatic heterocycles. The van der Waals surface area contributed by atoms with Gasteiger partial charge in [0.15, 0.2) is 0 Å². The maximum atomic E-state index is 6.65. The van der Waals surface area contributed by atoms with E-state index in [2.05, 4.69) is 10.6 Å². The second-order valence-corrected chi connectivity index (χ2v) is 7.30. The molecule has 0 bridgehead atoms. The van der Waals surface area contributed by atoms with E-state index in [1.807, 2.05) is 12.1 Å². The predicted molar refractivity (Wildman–Crippen MR) is 86.7 cm³/mol. The fraction of sp³-hybridized carbons (Fsp3) is 0.588. The molecule has 0 atom stereocenters. The van der Waals surface area contributed by atoms with Gasteiger partial charge in [-0.3, -0.25) is 0 Å². The van der Waals surface area contributed by atoms with Gasteiger partial charge in [0, 0.05) is 23.0 Å². The monoisotopic (exact) mass is 303 g/mol. The lowest BCUT2D eigenvalue weighted by Gasteiger charge is -2.33. The quantitative estimate of drug-likeness (QED) is 0.922. The summed E-state index contributed by atoms with van der Waals surface area (Å²) >= 11 is 6.18. The Hall–Kier alpha value is -1.06. The third-order valence-electron chi connectivity index (χ3n) is 5.00. The van der Waals surface area contributed by atoms with Crippen molar-refractivity contribution >= 4 is 22.6 Å². The molecule has 0 spiro atoms. The van der Waals surface area contributed by atoms with E-state index in [0.29, 0.717) is 6.04 Å². The van der Waals surface area contributed by atoms with Gasteiger partial charge in [-0.1, -0.05) is 30.9 Å². The third-order valence-corrected chi connectivity index (χ3v) is 5.23. The summed E-state index contributed by atoms with van der Waals surface area (Å²) in [4.78, 5) is 4.88. The van der Waals surface area contributed by atoms with Crippen LogP contribution in [0.5, 0.6) is 0 Å². The van der Waals surface area contributed by atoms with E-state index in [1.54, 1.807) is 0 Å². The standard InChI is InChI=1S/C17H22ClN3/c18-12-4-7-14-15(10-12)21(13-5-6-13)16(20-14)11-17(19)8-2-1-3-9-17/h4,7,10,13H,1-3,5-6,8-9,11,19H2. The van der Waals surface area contributed by atoms with Crippen LogP contribution in [-0.2, 0) is 6.42 Å². The first-order chi connectivity index (χ1) is 10.1. The zero-order valence-electron chi connectivity index (χ0n) is 12.3. The zero-order valence-corrected chi connectivity index (χ0v) is 13.1. The molecular formula is C17H22ClN3. The fourth-order valence-electron chi connectivity index (χ4n) is 3.73. The van der Waals surface area contributed by atoms with Crippen LogP contribution in [0.3, 0.4) is 0 Å². The average molecular weight is 304 g/mol. The molecule has 2 aliphatic carbocycles. The Bertz CT molecular complexity index is 666. The molecule has 2 saturated carbocycles. The Morgan fingerprint density at radius 3 is 2.71 bits per heavy atom.